The van der Waals surface area contributed by atoms with E-state index in [1.807, 2.05) is 12.1 Å². The van der Waals surface area contributed by atoms with Crippen molar-refractivity contribution >= 4 is 11.6 Å². The van der Waals surface area contributed by atoms with Crippen LogP contribution in [0.3, 0.4) is 0 Å². The van der Waals surface area contributed by atoms with E-state index in [-0.39, 0.29) is 19.0 Å². The van der Waals surface area contributed by atoms with Gasteiger partial charge in [0, 0.05) is 5.69 Å². The van der Waals surface area contributed by atoms with Crippen LogP contribution in [0.1, 0.15) is 18.4 Å². The number of nitrogen functional groups attached to an aromatic ring is 1. The van der Waals surface area contributed by atoms with Crippen molar-refractivity contribution in [3.05, 3.63) is 29.8 Å². The first-order chi connectivity index (χ1) is 8.60. The first-order valence-corrected chi connectivity index (χ1v) is 5.48. The van der Waals surface area contributed by atoms with E-state index in [4.69, 9.17) is 16.3 Å². The molecular formula is C13H14N4O. The molecule has 1 amide bonds. The third-order valence-electron chi connectivity index (χ3n) is 2.62. The lowest BCUT2D eigenvalue weighted by Gasteiger charge is -2.20. The molecule has 0 aliphatic carbocycles. The summed E-state index contributed by atoms with van der Waals surface area (Å²) in [5.74, 6) is -0.668. The molecule has 0 aliphatic heterocycles. The van der Waals surface area contributed by atoms with E-state index in [1.54, 1.807) is 31.2 Å². The quantitative estimate of drug-likeness (QED) is 0.635. The molecule has 2 N–H and O–H groups in total. The molecule has 92 valence electrons. The minimum Gasteiger partial charge on any atom is -0.399 e. The monoisotopic (exact) mass is 242 g/mol. The third kappa shape index (κ3) is 3.23. The zero-order chi connectivity index (χ0) is 13.5. The average Bonchev–Trinajstić information content (AvgIpc) is 2.37. The van der Waals surface area contributed by atoms with Gasteiger partial charge in [0.1, 0.15) is 13.1 Å². The van der Waals surface area contributed by atoms with Crippen LogP contribution in [0.2, 0.25) is 0 Å². The summed E-state index contributed by atoms with van der Waals surface area (Å²) in [6, 6.07) is 10.8. The Hall–Kier alpha value is -2.53. The second-order valence-electron chi connectivity index (χ2n) is 3.90. The smallest absolute Gasteiger partial charge is 0.231 e. The number of nitrogens with two attached hydrogens (primary N) is 1. The van der Waals surface area contributed by atoms with Gasteiger partial charge in [-0.15, -0.1) is 0 Å². The number of anilines is 1. The van der Waals surface area contributed by atoms with Crippen LogP contribution in [-0.2, 0) is 4.79 Å². The van der Waals surface area contributed by atoms with Crippen molar-refractivity contribution in [2.24, 2.45) is 0 Å². The van der Waals surface area contributed by atoms with Gasteiger partial charge in [0.15, 0.2) is 0 Å². The number of benzene rings is 1. The van der Waals surface area contributed by atoms with Crippen LogP contribution < -0.4 is 5.73 Å². The highest BCUT2D eigenvalue weighted by molar-refractivity contribution is 5.84. The molecule has 0 radical (unpaired) electrons. The van der Waals surface area contributed by atoms with Crippen LogP contribution in [0.15, 0.2) is 24.3 Å². The molecule has 1 unspecified atom stereocenters. The molecule has 0 bridgehead atoms. The van der Waals surface area contributed by atoms with Crippen molar-refractivity contribution < 1.29 is 4.79 Å². The number of hydrogen-bond acceptors (Lipinski definition) is 4. The Morgan fingerprint density at radius 1 is 1.39 bits per heavy atom. The van der Waals surface area contributed by atoms with Crippen molar-refractivity contribution in [2.75, 3.05) is 18.8 Å². The van der Waals surface area contributed by atoms with E-state index >= 15 is 0 Å². The summed E-state index contributed by atoms with van der Waals surface area (Å²) in [6.45, 7) is 1.57. The maximum atomic E-state index is 12.1. The molecule has 5 heteroatoms. The lowest BCUT2D eigenvalue weighted by molar-refractivity contribution is -0.131. The van der Waals surface area contributed by atoms with Gasteiger partial charge in [-0.3, -0.25) is 4.79 Å². The highest BCUT2D eigenvalue weighted by atomic mass is 16.2. The molecule has 0 aromatic heterocycles. The predicted molar refractivity (Wildman–Crippen MR) is 67.1 cm³/mol. The maximum Gasteiger partial charge on any atom is 0.231 e. The van der Waals surface area contributed by atoms with Crippen LogP contribution in [0.5, 0.6) is 0 Å². The number of carbonyl (C=O) groups is 1. The van der Waals surface area contributed by atoms with Crippen molar-refractivity contribution in [1.82, 2.24) is 4.90 Å². The zero-order valence-electron chi connectivity index (χ0n) is 10.1. The van der Waals surface area contributed by atoms with Gasteiger partial charge in [-0.1, -0.05) is 12.1 Å². The number of nitrogens with zero attached hydrogens (tertiary/aromatic N) is 3. The molecular weight excluding hydrogens is 228 g/mol. The number of amides is 1. The van der Waals surface area contributed by atoms with Crippen molar-refractivity contribution in [3.63, 3.8) is 0 Å². The van der Waals surface area contributed by atoms with Crippen LogP contribution in [0.4, 0.5) is 5.69 Å². The Morgan fingerprint density at radius 2 is 2.00 bits per heavy atom. The Bertz CT molecular complexity index is 496. The molecule has 0 heterocycles. The molecule has 1 aromatic carbocycles. The third-order valence-corrected chi connectivity index (χ3v) is 2.62. The van der Waals surface area contributed by atoms with Crippen LogP contribution in [0, 0.1) is 22.7 Å². The summed E-state index contributed by atoms with van der Waals surface area (Å²) < 4.78 is 0. The summed E-state index contributed by atoms with van der Waals surface area (Å²) in [5, 5.41) is 17.3. The van der Waals surface area contributed by atoms with Gasteiger partial charge < -0.3 is 10.6 Å². The normalized spacial score (nSPS) is 11.1. The molecule has 0 aliphatic rings. The van der Waals surface area contributed by atoms with Crippen LogP contribution in [-0.4, -0.2) is 23.9 Å². The Kier molecular flexibility index (Phi) is 4.71. The molecule has 0 saturated carbocycles. The number of rotatable bonds is 4. The van der Waals surface area contributed by atoms with E-state index < -0.39 is 5.92 Å². The van der Waals surface area contributed by atoms with Crippen LogP contribution >= 0.6 is 0 Å². The second-order valence-corrected chi connectivity index (χ2v) is 3.90. The lowest BCUT2D eigenvalue weighted by atomic mass is 9.99. The molecule has 1 atom stereocenters. The maximum absolute atomic E-state index is 12.1. The summed E-state index contributed by atoms with van der Waals surface area (Å²) in [7, 11) is 0. The zero-order valence-corrected chi connectivity index (χ0v) is 10.1. The molecule has 5 nitrogen and oxygen atoms in total. The van der Waals surface area contributed by atoms with Gasteiger partial charge >= 0.3 is 0 Å². The van der Waals surface area contributed by atoms with Crippen molar-refractivity contribution in [3.8, 4) is 12.1 Å². The number of nitriles is 2. The molecule has 1 aromatic rings. The Balaban J connectivity index is 2.89. The standard InChI is InChI=1S/C13H14N4O/c1-10(11-3-2-4-12(16)9-11)13(18)17(7-5-14)8-6-15/h2-4,9-10H,7-8,16H2,1H3. The van der Waals surface area contributed by atoms with Gasteiger partial charge in [0.05, 0.1) is 18.1 Å². The van der Waals surface area contributed by atoms with Gasteiger partial charge in [-0.2, -0.15) is 10.5 Å². The summed E-state index contributed by atoms with van der Waals surface area (Å²) in [4.78, 5) is 13.3. The van der Waals surface area contributed by atoms with Crippen molar-refractivity contribution in [1.29, 1.82) is 10.5 Å². The molecule has 0 spiro atoms. The van der Waals surface area contributed by atoms with Gasteiger partial charge in [0.25, 0.3) is 0 Å². The Labute approximate surface area is 106 Å². The van der Waals surface area contributed by atoms with Crippen LogP contribution in [0.25, 0.3) is 0 Å². The van der Waals surface area contributed by atoms with Crippen molar-refractivity contribution in [2.45, 2.75) is 12.8 Å². The van der Waals surface area contributed by atoms with E-state index in [0.29, 0.717) is 5.69 Å². The minimum absolute atomic E-state index is 0.0843. The van der Waals surface area contributed by atoms with E-state index in [0.717, 1.165) is 5.56 Å². The van der Waals surface area contributed by atoms with Gasteiger partial charge in [-0.25, -0.2) is 0 Å². The topological polar surface area (TPSA) is 93.9 Å². The van der Waals surface area contributed by atoms with E-state index in [2.05, 4.69) is 0 Å². The summed E-state index contributed by atoms with van der Waals surface area (Å²) in [5.41, 5.74) is 7.02. The highest BCUT2D eigenvalue weighted by Gasteiger charge is 2.21. The first kappa shape index (κ1) is 13.5. The number of carbonyl (C=O) groups excluding carboxylic acids is 1. The fourth-order valence-electron chi connectivity index (χ4n) is 1.63. The molecule has 0 saturated heterocycles. The fourth-order valence-corrected chi connectivity index (χ4v) is 1.63. The summed E-state index contributed by atoms with van der Waals surface area (Å²) >= 11 is 0. The number of hydrogen-bond donors (Lipinski definition) is 1. The Morgan fingerprint density at radius 3 is 2.50 bits per heavy atom. The summed E-state index contributed by atoms with van der Waals surface area (Å²) in [6.07, 6.45) is 0. The largest absolute Gasteiger partial charge is 0.399 e. The fraction of sp³-hybridized carbons (Fsp3) is 0.308. The van der Waals surface area contributed by atoms with E-state index in [9.17, 15) is 4.79 Å². The SMILES string of the molecule is CC(C(=O)N(CC#N)CC#N)c1cccc(N)c1. The lowest BCUT2D eigenvalue weighted by Crippen LogP contribution is -2.35. The molecule has 18 heavy (non-hydrogen) atoms. The predicted octanol–water partition coefficient (Wildman–Crippen LogP) is 1.25. The average molecular weight is 242 g/mol. The van der Waals surface area contributed by atoms with Gasteiger partial charge in [-0.05, 0) is 24.6 Å². The second kappa shape index (κ2) is 6.27. The first-order valence-electron chi connectivity index (χ1n) is 5.48. The van der Waals surface area contributed by atoms with Gasteiger partial charge in [0.2, 0.25) is 5.91 Å². The van der Waals surface area contributed by atoms with E-state index in [1.165, 1.54) is 4.90 Å². The molecule has 0 fully saturated rings. The minimum atomic E-state index is -0.421. The molecule has 1 rings (SSSR count). The highest BCUT2D eigenvalue weighted by Crippen LogP contribution is 2.19.